The van der Waals surface area contributed by atoms with Gasteiger partial charge in [-0.25, -0.2) is 4.98 Å². The lowest BCUT2D eigenvalue weighted by atomic mass is 9.92. The van der Waals surface area contributed by atoms with Crippen LogP contribution in [-0.2, 0) is 19.3 Å². The summed E-state index contributed by atoms with van der Waals surface area (Å²) in [6.07, 6.45) is -15.0. The Labute approximate surface area is 220 Å². The van der Waals surface area contributed by atoms with Crippen molar-refractivity contribution in [3.05, 3.63) is 52.3 Å². The van der Waals surface area contributed by atoms with E-state index in [9.17, 15) is 75.0 Å². The first-order chi connectivity index (χ1) is 18.8. The third kappa shape index (κ3) is 5.22. The lowest BCUT2D eigenvalue weighted by Gasteiger charge is -2.39. The highest BCUT2D eigenvalue weighted by Crippen LogP contribution is 2.60. The second-order valence-electron chi connectivity index (χ2n) is 8.56. The molecule has 0 radical (unpaired) electrons. The number of hydrogen-bond acceptors (Lipinski definition) is 4. The Morgan fingerprint density at radius 1 is 0.714 bits per heavy atom. The summed E-state index contributed by atoms with van der Waals surface area (Å²) in [6.45, 7) is -2.79. The van der Waals surface area contributed by atoms with Gasteiger partial charge in [-0.3, -0.25) is 14.0 Å². The fourth-order valence-electron chi connectivity index (χ4n) is 3.43. The molecule has 2 heterocycles. The van der Waals surface area contributed by atoms with Crippen molar-refractivity contribution in [1.29, 1.82) is 0 Å². The number of benzene rings is 1. The van der Waals surface area contributed by atoms with Crippen LogP contribution in [0.15, 0.2) is 35.3 Å². The van der Waals surface area contributed by atoms with Gasteiger partial charge in [0.2, 0.25) is 5.82 Å². The van der Waals surface area contributed by atoms with Crippen molar-refractivity contribution >= 4 is 10.9 Å². The lowest BCUT2D eigenvalue weighted by Crippen LogP contribution is -2.70. The second kappa shape index (κ2) is 9.99. The minimum Gasteiger partial charge on any atom is -0.282 e. The van der Waals surface area contributed by atoms with Gasteiger partial charge in [0.1, 0.15) is 5.69 Å². The van der Waals surface area contributed by atoms with Crippen molar-refractivity contribution in [2.24, 2.45) is 0 Å². The number of fused-ring (bicyclic) bond motifs is 1. The Balaban J connectivity index is 1.87. The molecule has 0 amide bonds. The largest absolute Gasteiger partial charge is 0.460 e. The standard InChI is InChI=1S/C20H11F16N5O/c21-14(22,16(26,27)17(28,29)18(30,31)19(32,33)20(34,35)36)5-6-40-7-9(38-39-40)8-41-12(42)10-3-1-2-4-11(10)37-13(41)15(23,24)25/h1-4,7H,5-6,8H2. The Hall–Kier alpha value is -3.62. The van der Waals surface area contributed by atoms with Gasteiger partial charge in [0.25, 0.3) is 5.56 Å². The van der Waals surface area contributed by atoms with E-state index in [-0.39, 0.29) is 20.2 Å². The number of para-hydroxylation sites is 1. The van der Waals surface area contributed by atoms with Gasteiger partial charge in [0.05, 0.1) is 23.6 Å². The first-order valence-electron chi connectivity index (χ1n) is 10.7. The smallest absolute Gasteiger partial charge is 0.282 e. The molecule has 0 unspecified atom stereocenters. The summed E-state index contributed by atoms with van der Waals surface area (Å²) in [5.74, 6) is -39.5. The summed E-state index contributed by atoms with van der Waals surface area (Å²) in [4.78, 5) is 15.9. The molecule has 42 heavy (non-hydrogen) atoms. The minimum atomic E-state index is -8.05. The number of hydrogen-bond donors (Lipinski definition) is 0. The van der Waals surface area contributed by atoms with Crippen LogP contribution >= 0.6 is 0 Å². The summed E-state index contributed by atoms with van der Waals surface area (Å²) in [6, 6.07) is 4.72. The van der Waals surface area contributed by atoms with E-state index in [0.29, 0.717) is 6.20 Å². The maximum absolute atomic E-state index is 14.0. The zero-order chi connectivity index (χ0) is 32.3. The van der Waals surface area contributed by atoms with E-state index in [1.54, 1.807) is 0 Å². The summed E-state index contributed by atoms with van der Waals surface area (Å²) in [5.41, 5.74) is -2.29. The van der Waals surface area contributed by atoms with Gasteiger partial charge in [0.15, 0.2) is 0 Å². The normalized spacial score (nSPS) is 14.6. The zero-order valence-corrected chi connectivity index (χ0v) is 19.7. The first-order valence-corrected chi connectivity index (χ1v) is 10.7. The third-order valence-corrected chi connectivity index (χ3v) is 5.67. The van der Waals surface area contributed by atoms with Crippen LogP contribution in [0.4, 0.5) is 70.2 Å². The number of aromatic nitrogens is 5. The van der Waals surface area contributed by atoms with Crippen LogP contribution in [0.5, 0.6) is 0 Å². The molecule has 3 rings (SSSR count). The second-order valence-corrected chi connectivity index (χ2v) is 8.56. The fraction of sp³-hybridized carbons (Fsp3) is 0.500. The molecule has 22 heteroatoms. The number of rotatable bonds is 9. The SMILES string of the molecule is O=c1c2ccccc2nc(C(F)(F)F)n1Cc1cn(CCC(F)(F)C(F)(F)C(F)(F)C(F)(F)C(F)(F)C(F)(F)F)nn1. The molecule has 0 aliphatic rings. The molecular weight excluding hydrogens is 630 g/mol. The molecule has 0 bridgehead atoms. The topological polar surface area (TPSA) is 65.6 Å². The van der Waals surface area contributed by atoms with Crippen molar-refractivity contribution in [1.82, 2.24) is 24.5 Å². The van der Waals surface area contributed by atoms with Crippen LogP contribution in [-0.4, -0.2) is 60.3 Å². The van der Waals surface area contributed by atoms with Gasteiger partial charge in [-0.05, 0) is 12.1 Å². The Kier molecular flexibility index (Phi) is 7.82. The number of aryl methyl sites for hydroxylation is 1. The Morgan fingerprint density at radius 3 is 1.81 bits per heavy atom. The minimum absolute atomic E-state index is 0.0307. The molecule has 0 saturated heterocycles. The maximum Gasteiger partial charge on any atom is 0.460 e. The Bertz CT molecular complexity index is 1500. The molecule has 0 spiro atoms. The average Bonchev–Trinajstić information content (AvgIpc) is 3.30. The highest BCUT2D eigenvalue weighted by atomic mass is 19.4. The molecule has 6 nitrogen and oxygen atoms in total. The molecule has 2 aromatic heterocycles. The highest BCUT2D eigenvalue weighted by molar-refractivity contribution is 5.77. The van der Waals surface area contributed by atoms with E-state index < -0.39 is 78.6 Å². The summed E-state index contributed by atoms with van der Waals surface area (Å²) >= 11 is 0. The first kappa shape index (κ1) is 32.9. The van der Waals surface area contributed by atoms with Crippen molar-refractivity contribution in [2.75, 3.05) is 0 Å². The van der Waals surface area contributed by atoms with Crippen molar-refractivity contribution < 1.29 is 70.2 Å². The van der Waals surface area contributed by atoms with Crippen molar-refractivity contribution in [3.8, 4) is 0 Å². The fourth-order valence-corrected chi connectivity index (χ4v) is 3.43. The number of halogens is 16. The van der Waals surface area contributed by atoms with Gasteiger partial charge in [-0.2, -0.15) is 70.2 Å². The summed E-state index contributed by atoms with van der Waals surface area (Å²) in [5, 5.41) is 5.92. The maximum atomic E-state index is 14.0. The number of alkyl halides is 16. The molecule has 3 aromatic rings. The molecule has 0 atom stereocenters. The predicted octanol–water partition coefficient (Wildman–Crippen LogP) is 6.18. The molecule has 0 fully saturated rings. The van der Waals surface area contributed by atoms with Crippen molar-refractivity contribution in [3.63, 3.8) is 0 Å². The molecule has 234 valence electrons. The van der Waals surface area contributed by atoms with Crippen LogP contribution in [0.2, 0.25) is 0 Å². The number of nitrogens with zero attached hydrogens (tertiary/aromatic N) is 5. The zero-order valence-electron chi connectivity index (χ0n) is 19.7. The molecule has 0 N–H and O–H groups in total. The van der Waals surface area contributed by atoms with Crippen LogP contribution < -0.4 is 5.56 Å². The molecule has 1 aromatic carbocycles. The van der Waals surface area contributed by atoms with E-state index in [1.807, 2.05) is 0 Å². The van der Waals surface area contributed by atoms with Gasteiger partial charge >= 0.3 is 42.0 Å². The van der Waals surface area contributed by atoms with Crippen LogP contribution in [0.1, 0.15) is 17.9 Å². The van der Waals surface area contributed by atoms with E-state index >= 15 is 0 Å². The average molecular weight is 641 g/mol. The third-order valence-electron chi connectivity index (χ3n) is 5.67. The van der Waals surface area contributed by atoms with E-state index in [4.69, 9.17) is 0 Å². The molecular formula is C20H11F16N5O. The molecule has 0 aliphatic heterocycles. The predicted molar refractivity (Wildman–Crippen MR) is 106 cm³/mol. The monoisotopic (exact) mass is 641 g/mol. The van der Waals surface area contributed by atoms with Gasteiger partial charge in [0, 0.05) is 13.0 Å². The van der Waals surface area contributed by atoms with Crippen LogP contribution in [0.3, 0.4) is 0 Å². The highest BCUT2D eigenvalue weighted by Gasteiger charge is 2.90. The van der Waals surface area contributed by atoms with Gasteiger partial charge in [-0.1, -0.05) is 17.3 Å². The molecule has 0 saturated carbocycles. The van der Waals surface area contributed by atoms with Crippen molar-refractivity contribution in [2.45, 2.75) is 61.5 Å². The van der Waals surface area contributed by atoms with E-state index in [1.165, 1.54) is 12.1 Å². The van der Waals surface area contributed by atoms with Crippen LogP contribution in [0, 0.1) is 0 Å². The van der Waals surface area contributed by atoms with E-state index in [2.05, 4.69) is 15.3 Å². The van der Waals surface area contributed by atoms with E-state index in [0.717, 1.165) is 12.1 Å². The quantitative estimate of drug-likeness (QED) is 0.262. The van der Waals surface area contributed by atoms with Gasteiger partial charge < -0.3 is 0 Å². The lowest BCUT2D eigenvalue weighted by molar-refractivity contribution is -0.440. The Morgan fingerprint density at radius 2 is 1.26 bits per heavy atom. The van der Waals surface area contributed by atoms with Crippen LogP contribution in [0.25, 0.3) is 10.9 Å². The molecule has 0 aliphatic carbocycles. The summed E-state index contributed by atoms with van der Waals surface area (Å²) < 4.78 is 213. The summed E-state index contributed by atoms with van der Waals surface area (Å²) in [7, 11) is 0. The van der Waals surface area contributed by atoms with Gasteiger partial charge in [-0.15, -0.1) is 5.10 Å².